The Morgan fingerprint density at radius 2 is 0.850 bits per heavy atom. The highest BCUT2D eigenvalue weighted by Gasteiger charge is 2.50. The molecule has 0 N–H and O–H groups in total. The molecule has 2 aliphatic carbocycles. The molecule has 0 fully saturated rings. The summed E-state index contributed by atoms with van der Waals surface area (Å²) in [5, 5.41) is 0. The molecule has 190 valence electrons. The van der Waals surface area contributed by atoms with Gasteiger partial charge in [-0.2, -0.15) is 0 Å². The summed E-state index contributed by atoms with van der Waals surface area (Å²) in [6.45, 7) is 0. The quantitative estimate of drug-likeness (QED) is 0.176. The van der Waals surface area contributed by atoms with Crippen LogP contribution in [0.5, 0.6) is 0 Å². The lowest BCUT2D eigenvalue weighted by Gasteiger charge is -2.40. The van der Waals surface area contributed by atoms with Gasteiger partial charge in [0.25, 0.3) is 0 Å². The van der Waals surface area contributed by atoms with E-state index in [0.717, 1.165) is 15.4 Å². The molecule has 6 aromatic carbocycles. The third kappa shape index (κ3) is 3.49. The van der Waals surface area contributed by atoms with E-state index in [4.69, 9.17) is 0 Å². The van der Waals surface area contributed by atoms with Gasteiger partial charge in [-0.1, -0.05) is 129 Å². The molecule has 0 nitrogen and oxygen atoms in total. The zero-order valence-corrected chi connectivity index (χ0v) is 24.8. The topological polar surface area (TPSA) is 0 Å². The van der Waals surface area contributed by atoms with Gasteiger partial charge in [0.1, 0.15) is 0 Å². The predicted molar refractivity (Wildman–Crippen MR) is 173 cm³/mol. The van der Waals surface area contributed by atoms with Crippen molar-refractivity contribution in [2.24, 2.45) is 0 Å². The lowest BCUT2D eigenvalue weighted by molar-refractivity contribution is 0.721. The summed E-state index contributed by atoms with van der Waals surface area (Å²) < 4.78 is 2.22. The van der Waals surface area contributed by atoms with Crippen LogP contribution in [0.4, 0.5) is 0 Å². The minimum Gasteiger partial charge on any atom is -0.0622 e. The van der Waals surface area contributed by atoms with Crippen LogP contribution in [-0.4, -0.2) is 0 Å². The van der Waals surface area contributed by atoms with Crippen molar-refractivity contribution in [3.05, 3.63) is 176 Å². The van der Waals surface area contributed by atoms with E-state index in [9.17, 15) is 0 Å². The third-order valence-electron chi connectivity index (χ3n) is 8.68. The van der Waals surface area contributed by atoms with Gasteiger partial charge in [0, 0.05) is 8.95 Å². The number of halogens is 2. The molecule has 0 aliphatic heterocycles. The summed E-state index contributed by atoms with van der Waals surface area (Å²) in [4.78, 5) is 0. The molecule has 0 unspecified atom stereocenters. The summed E-state index contributed by atoms with van der Waals surface area (Å²) in [5.74, 6) is 0. The van der Waals surface area contributed by atoms with Gasteiger partial charge in [-0.3, -0.25) is 0 Å². The van der Waals surface area contributed by atoms with Crippen LogP contribution in [0, 0.1) is 0 Å². The number of fused-ring (bicyclic) bond motifs is 9. The van der Waals surface area contributed by atoms with Crippen molar-refractivity contribution in [3.8, 4) is 33.4 Å². The first-order chi connectivity index (χ1) is 19.6. The molecule has 40 heavy (non-hydrogen) atoms. The average Bonchev–Trinajstić information content (AvgIpc) is 3.28. The molecule has 2 aliphatic rings. The van der Waals surface area contributed by atoms with E-state index in [1.807, 2.05) is 0 Å². The Labute approximate surface area is 251 Å². The highest BCUT2D eigenvalue weighted by atomic mass is 79.9. The monoisotopic (exact) mass is 638 g/mol. The number of rotatable bonds is 2. The molecule has 0 atom stereocenters. The maximum Gasteiger partial charge on any atom is 0.0720 e. The lowest BCUT2D eigenvalue weighted by atomic mass is 9.61. The van der Waals surface area contributed by atoms with Crippen LogP contribution in [0.25, 0.3) is 33.4 Å². The Morgan fingerprint density at radius 3 is 1.30 bits per heavy atom. The first-order valence-electron chi connectivity index (χ1n) is 13.6. The minimum absolute atomic E-state index is 0.434. The smallest absolute Gasteiger partial charge is 0.0622 e. The van der Waals surface area contributed by atoms with E-state index in [1.165, 1.54) is 66.8 Å². The molecule has 0 heterocycles. The molecular weight excluding hydrogens is 616 g/mol. The Kier molecular flexibility index (Phi) is 5.52. The van der Waals surface area contributed by atoms with Crippen molar-refractivity contribution in [2.45, 2.75) is 11.8 Å². The van der Waals surface area contributed by atoms with E-state index < -0.39 is 5.41 Å². The molecule has 0 saturated heterocycles. The first kappa shape index (κ1) is 24.1. The molecule has 0 radical (unpaired) electrons. The van der Waals surface area contributed by atoms with E-state index in [2.05, 4.69) is 165 Å². The minimum atomic E-state index is -0.434. The number of hydrogen-bond donors (Lipinski definition) is 0. The van der Waals surface area contributed by atoms with Gasteiger partial charge in [0.2, 0.25) is 0 Å². The van der Waals surface area contributed by atoms with E-state index >= 15 is 0 Å². The van der Waals surface area contributed by atoms with Gasteiger partial charge < -0.3 is 0 Å². The Bertz CT molecular complexity index is 1790. The SMILES string of the molecule is Brc1ccc2c(c1)C1(c3cc(Br)ccc3C2)c2cc(-c3ccccc3)ccc2-c2ccc(-c3ccccc3)cc21. The van der Waals surface area contributed by atoms with Gasteiger partial charge >= 0.3 is 0 Å². The second-order valence-electron chi connectivity index (χ2n) is 10.8. The molecule has 0 bridgehead atoms. The fraction of sp³-hybridized carbons (Fsp3) is 0.0526. The Hall–Kier alpha value is -3.72. The van der Waals surface area contributed by atoms with Gasteiger partial charge in [-0.15, -0.1) is 0 Å². The van der Waals surface area contributed by atoms with Crippen molar-refractivity contribution < 1.29 is 0 Å². The Morgan fingerprint density at radius 1 is 0.400 bits per heavy atom. The highest BCUT2D eigenvalue weighted by molar-refractivity contribution is 9.10. The van der Waals surface area contributed by atoms with Crippen molar-refractivity contribution in [3.63, 3.8) is 0 Å². The van der Waals surface area contributed by atoms with Crippen LogP contribution in [0.1, 0.15) is 33.4 Å². The van der Waals surface area contributed by atoms with Crippen LogP contribution in [0.3, 0.4) is 0 Å². The third-order valence-corrected chi connectivity index (χ3v) is 9.67. The number of hydrogen-bond acceptors (Lipinski definition) is 0. The highest BCUT2D eigenvalue weighted by Crippen LogP contribution is 2.60. The molecule has 1 spiro atoms. The predicted octanol–water partition coefficient (Wildman–Crippen LogP) is 10.8. The van der Waals surface area contributed by atoms with Crippen LogP contribution in [0.2, 0.25) is 0 Å². The molecule has 0 aromatic heterocycles. The normalized spacial score (nSPS) is 13.8. The van der Waals surface area contributed by atoms with Crippen molar-refractivity contribution >= 4 is 31.9 Å². The summed E-state index contributed by atoms with van der Waals surface area (Å²) in [6.07, 6.45) is 0.925. The second-order valence-corrected chi connectivity index (χ2v) is 12.6. The molecule has 2 heteroatoms. The first-order valence-corrected chi connectivity index (χ1v) is 15.2. The van der Waals surface area contributed by atoms with Crippen LogP contribution >= 0.6 is 31.9 Å². The van der Waals surface area contributed by atoms with E-state index in [0.29, 0.717) is 0 Å². The molecule has 6 aromatic rings. The van der Waals surface area contributed by atoms with Crippen molar-refractivity contribution in [2.75, 3.05) is 0 Å². The fourth-order valence-corrected chi connectivity index (χ4v) is 7.70. The summed E-state index contributed by atoms with van der Waals surface area (Å²) in [5.41, 5.74) is 15.4. The maximum absolute atomic E-state index is 3.85. The van der Waals surface area contributed by atoms with Gasteiger partial charge in [-0.25, -0.2) is 0 Å². The molecule has 0 amide bonds. The largest absolute Gasteiger partial charge is 0.0720 e. The summed E-state index contributed by atoms with van der Waals surface area (Å²) in [7, 11) is 0. The van der Waals surface area contributed by atoms with Gasteiger partial charge in [-0.05, 0) is 110 Å². The standard InChI is InChI=1S/C38H24Br2/c39-30-15-11-28-19-29-12-16-31(40)23-35(29)38(34(28)22-30)36-20-26(24-7-3-1-4-8-24)13-17-32(36)33-18-14-27(21-37(33)38)25-9-5-2-6-10-25/h1-18,20-23H,19H2. The molecule has 8 rings (SSSR count). The van der Waals surface area contributed by atoms with Crippen LogP contribution in [-0.2, 0) is 11.8 Å². The second kappa shape index (κ2) is 9.16. The summed E-state index contributed by atoms with van der Waals surface area (Å²) in [6, 6.07) is 49.4. The van der Waals surface area contributed by atoms with Crippen LogP contribution in [0.15, 0.2) is 142 Å². The van der Waals surface area contributed by atoms with Crippen molar-refractivity contribution in [1.82, 2.24) is 0 Å². The van der Waals surface area contributed by atoms with Crippen molar-refractivity contribution in [1.29, 1.82) is 0 Å². The number of benzene rings is 6. The molecule has 0 saturated carbocycles. The van der Waals surface area contributed by atoms with E-state index in [1.54, 1.807) is 0 Å². The Balaban J connectivity index is 1.53. The summed E-state index contributed by atoms with van der Waals surface area (Å²) >= 11 is 7.70. The average molecular weight is 640 g/mol. The van der Waals surface area contributed by atoms with E-state index in [-0.39, 0.29) is 0 Å². The lowest BCUT2D eigenvalue weighted by Crippen LogP contribution is -2.34. The zero-order chi connectivity index (χ0) is 26.8. The molecular formula is C38H24Br2. The van der Waals surface area contributed by atoms with Crippen LogP contribution < -0.4 is 0 Å². The fourth-order valence-electron chi connectivity index (χ4n) is 6.98. The maximum atomic E-state index is 3.85. The van der Waals surface area contributed by atoms with Gasteiger partial charge in [0.15, 0.2) is 0 Å². The zero-order valence-electron chi connectivity index (χ0n) is 21.7. The van der Waals surface area contributed by atoms with Gasteiger partial charge in [0.05, 0.1) is 5.41 Å².